The molecule has 0 N–H and O–H groups in total. The van der Waals surface area contributed by atoms with Crippen molar-refractivity contribution in [3.63, 3.8) is 0 Å². The summed E-state index contributed by atoms with van der Waals surface area (Å²) < 4.78 is 37.3. The molecule has 6 heteroatoms. The van der Waals surface area contributed by atoms with E-state index < -0.39 is 23.6 Å². The zero-order chi connectivity index (χ0) is 10.9. The van der Waals surface area contributed by atoms with Crippen molar-refractivity contribution in [1.82, 2.24) is 0 Å². The maximum Gasteiger partial charge on any atom is 0.300 e. The predicted octanol–water partition coefficient (Wildman–Crippen LogP) is 3.80. The Morgan fingerprint density at radius 2 is 1.71 bits per heavy atom. The Labute approximate surface area is 94.6 Å². The first-order chi connectivity index (χ1) is 6.45. The zero-order valence-electron chi connectivity index (χ0n) is 6.53. The average Bonchev–Trinajstić information content (AvgIpc) is 2.12. The van der Waals surface area contributed by atoms with E-state index >= 15 is 0 Å². The summed E-state index contributed by atoms with van der Waals surface area (Å²) in [6.07, 6.45) is -3.21. The molecule has 0 bridgehead atoms. The molecule has 1 aromatic rings. The lowest BCUT2D eigenvalue weighted by atomic mass is 10.1. The van der Waals surface area contributed by atoms with Crippen molar-refractivity contribution in [2.24, 2.45) is 0 Å². The van der Waals surface area contributed by atoms with Gasteiger partial charge in [0.05, 0.1) is 10.0 Å². The van der Waals surface area contributed by atoms with Crippen molar-refractivity contribution in [1.29, 1.82) is 0 Å². The van der Waals surface area contributed by atoms with Crippen LogP contribution in [0, 0.1) is 5.82 Å². The lowest BCUT2D eigenvalue weighted by molar-refractivity contribution is 0.0673. The van der Waals surface area contributed by atoms with Crippen molar-refractivity contribution >= 4 is 37.6 Å². The third kappa shape index (κ3) is 2.17. The van der Waals surface area contributed by atoms with Crippen molar-refractivity contribution in [3.8, 4) is 0 Å². The molecule has 0 spiro atoms. The molecule has 1 rings (SSSR count). The highest BCUT2D eigenvalue weighted by molar-refractivity contribution is 9.11. The Hall–Kier alpha value is -0.360. The normalized spacial score (nSPS) is 10.7. The van der Waals surface area contributed by atoms with Gasteiger partial charge in [0.15, 0.2) is 0 Å². The molecule has 0 saturated carbocycles. The number of Topliss-reactive ketones (excluding diaryl/α,β-unsaturated/α-hetero) is 1. The summed E-state index contributed by atoms with van der Waals surface area (Å²) in [4.78, 5) is 10.9. The summed E-state index contributed by atoms with van der Waals surface area (Å²) in [7, 11) is 0. The molecule has 0 aliphatic carbocycles. The monoisotopic (exact) mass is 330 g/mol. The number of alkyl halides is 2. The van der Waals surface area contributed by atoms with Crippen LogP contribution in [0.4, 0.5) is 13.2 Å². The first-order valence-corrected chi connectivity index (χ1v) is 4.99. The van der Waals surface area contributed by atoms with Crippen molar-refractivity contribution in [2.45, 2.75) is 6.43 Å². The molecule has 0 aromatic heterocycles. The minimum atomic E-state index is -3.21. The number of carbonyl (C=O) groups is 1. The molecule has 0 amide bonds. The summed E-state index contributed by atoms with van der Waals surface area (Å²) in [6.45, 7) is 0. The second kappa shape index (κ2) is 4.44. The molecular formula is C8H3Br2F3O. The van der Waals surface area contributed by atoms with Gasteiger partial charge in [-0.1, -0.05) is 0 Å². The second-order valence-electron chi connectivity index (χ2n) is 2.38. The van der Waals surface area contributed by atoms with Gasteiger partial charge in [-0.2, -0.15) is 0 Å². The number of hydrogen-bond acceptors (Lipinski definition) is 1. The van der Waals surface area contributed by atoms with E-state index in [1.54, 1.807) is 0 Å². The summed E-state index contributed by atoms with van der Waals surface area (Å²) >= 11 is 5.64. The second-order valence-corrected chi connectivity index (χ2v) is 4.09. The van der Waals surface area contributed by atoms with Gasteiger partial charge in [0.1, 0.15) is 5.82 Å². The van der Waals surface area contributed by atoms with Gasteiger partial charge in [0.2, 0.25) is 5.78 Å². The van der Waals surface area contributed by atoms with Crippen LogP contribution in [0.2, 0.25) is 0 Å². The third-order valence-corrected chi connectivity index (χ3v) is 2.76. The van der Waals surface area contributed by atoms with Crippen molar-refractivity contribution < 1.29 is 18.0 Å². The van der Waals surface area contributed by atoms with Gasteiger partial charge in [-0.3, -0.25) is 4.79 Å². The summed E-state index contributed by atoms with van der Waals surface area (Å²) in [5, 5.41) is 0. The fourth-order valence-electron chi connectivity index (χ4n) is 0.862. The minimum Gasteiger partial charge on any atom is -0.288 e. The van der Waals surface area contributed by atoms with Crippen LogP contribution in [0.3, 0.4) is 0 Å². The van der Waals surface area contributed by atoms with Crippen LogP contribution < -0.4 is 0 Å². The van der Waals surface area contributed by atoms with Gasteiger partial charge in [0, 0.05) is 4.47 Å². The molecule has 0 atom stereocenters. The van der Waals surface area contributed by atoms with E-state index in [9.17, 15) is 18.0 Å². The Morgan fingerprint density at radius 3 is 2.21 bits per heavy atom. The highest BCUT2D eigenvalue weighted by Gasteiger charge is 2.25. The van der Waals surface area contributed by atoms with Gasteiger partial charge in [-0.05, 0) is 44.0 Å². The molecule has 0 radical (unpaired) electrons. The predicted molar refractivity (Wildman–Crippen MR) is 52.1 cm³/mol. The third-order valence-electron chi connectivity index (χ3n) is 1.49. The Balaban J connectivity index is 3.33. The van der Waals surface area contributed by atoms with Gasteiger partial charge in [0.25, 0.3) is 0 Å². The smallest absolute Gasteiger partial charge is 0.288 e. The Kier molecular flexibility index (Phi) is 3.71. The van der Waals surface area contributed by atoms with Crippen LogP contribution in [0.5, 0.6) is 0 Å². The largest absolute Gasteiger partial charge is 0.300 e. The fraction of sp³-hybridized carbons (Fsp3) is 0.125. The van der Waals surface area contributed by atoms with E-state index in [-0.39, 0.29) is 8.95 Å². The Morgan fingerprint density at radius 1 is 1.21 bits per heavy atom. The van der Waals surface area contributed by atoms with E-state index in [0.29, 0.717) is 0 Å². The Bertz CT molecular complexity index is 379. The van der Waals surface area contributed by atoms with E-state index in [4.69, 9.17) is 0 Å². The van der Waals surface area contributed by atoms with E-state index in [0.717, 1.165) is 0 Å². The lowest BCUT2D eigenvalue weighted by Gasteiger charge is -2.05. The standard InChI is InChI=1S/C8H3Br2F3O/c9-3-1-2-4(10)6(11)5(3)7(14)8(12)13/h1-2,8H. The van der Waals surface area contributed by atoms with Gasteiger partial charge in [-0.25, -0.2) is 13.2 Å². The van der Waals surface area contributed by atoms with E-state index in [1.807, 2.05) is 0 Å². The number of ketones is 1. The molecule has 0 fully saturated rings. The zero-order valence-corrected chi connectivity index (χ0v) is 9.70. The number of rotatable bonds is 2. The van der Waals surface area contributed by atoms with Gasteiger partial charge in [-0.15, -0.1) is 0 Å². The van der Waals surface area contributed by atoms with Crippen LogP contribution in [0.25, 0.3) is 0 Å². The first kappa shape index (κ1) is 11.7. The van der Waals surface area contributed by atoms with Gasteiger partial charge >= 0.3 is 6.43 Å². The molecule has 0 heterocycles. The molecule has 76 valence electrons. The van der Waals surface area contributed by atoms with Gasteiger partial charge < -0.3 is 0 Å². The molecule has 0 saturated heterocycles. The van der Waals surface area contributed by atoms with Crippen LogP contribution >= 0.6 is 31.9 Å². The van der Waals surface area contributed by atoms with Crippen LogP contribution in [0.1, 0.15) is 10.4 Å². The molecule has 0 aliphatic rings. The maximum atomic E-state index is 13.2. The SMILES string of the molecule is O=C(c1c(Br)ccc(Br)c1F)C(F)F. The number of halogens is 5. The van der Waals surface area contributed by atoms with Crippen LogP contribution in [-0.2, 0) is 0 Å². The molecule has 0 unspecified atom stereocenters. The molecule has 0 aliphatic heterocycles. The lowest BCUT2D eigenvalue weighted by Crippen LogP contribution is -2.13. The van der Waals surface area contributed by atoms with Crippen LogP contribution in [0.15, 0.2) is 21.1 Å². The molecule has 14 heavy (non-hydrogen) atoms. The highest BCUT2D eigenvalue weighted by Crippen LogP contribution is 2.27. The molecule has 1 aromatic carbocycles. The van der Waals surface area contributed by atoms with Crippen molar-refractivity contribution in [3.05, 3.63) is 32.5 Å². The van der Waals surface area contributed by atoms with Crippen LogP contribution in [-0.4, -0.2) is 12.2 Å². The summed E-state index contributed by atoms with van der Waals surface area (Å²) in [6, 6.07) is 2.64. The quantitative estimate of drug-likeness (QED) is 0.595. The number of carbonyl (C=O) groups excluding carboxylic acids is 1. The fourth-order valence-corrected chi connectivity index (χ4v) is 1.69. The molecule has 1 nitrogen and oxygen atoms in total. The maximum absolute atomic E-state index is 13.2. The molecular weight excluding hydrogens is 329 g/mol. The number of benzene rings is 1. The van der Waals surface area contributed by atoms with E-state index in [2.05, 4.69) is 31.9 Å². The first-order valence-electron chi connectivity index (χ1n) is 3.41. The summed E-state index contributed by atoms with van der Waals surface area (Å²) in [5.74, 6) is -2.51. The topological polar surface area (TPSA) is 17.1 Å². The number of hydrogen-bond donors (Lipinski definition) is 0. The average molecular weight is 332 g/mol. The summed E-state index contributed by atoms with van der Waals surface area (Å²) in [5.41, 5.74) is -0.630. The minimum absolute atomic E-state index is 0.0171. The highest BCUT2D eigenvalue weighted by atomic mass is 79.9. The van der Waals surface area contributed by atoms with E-state index in [1.165, 1.54) is 12.1 Å². The van der Waals surface area contributed by atoms with Crippen molar-refractivity contribution in [2.75, 3.05) is 0 Å².